The van der Waals surface area contributed by atoms with E-state index in [4.69, 9.17) is 23.2 Å². The normalized spacial score (nSPS) is 16.9. The third kappa shape index (κ3) is 3.08. The highest BCUT2D eigenvalue weighted by molar-refractivity contribution is 7.99. The van der Waals surface area contributed by atoms with Crippen LogP contribution in [-0.4, -0.2) is 12.5 Å². The lowest BCUT2D eigenvalue weighted by Crippen LogP contribution is -2.32. The van der Waals surface area contributed by atoms with E-state index in [1.807, 2.05) is 23.1 Å². The summed E-state index contributed by atoms with van der Waals surface area (Å²) in [4.78, 5) is 14.8. The van der Waals surface area contributed by atoms with Crippen molar-refractivity contribution in [2.45, 2.75) is 37.4 Å². The lowest BCUT2D eigenvalue weighted by atomic mass is 9.97. The van der Waals surface area contributed by atoms with Gasteiger partial charge in [0.25, 0.3) is 0 Å². The Hall–Kier alpha value is -1.36. The van der Waals surface area contributed by atoms with Crippen molar-refractivity contribution < 1.29 is 4.79 Å². The molecule has 1 aliphatic carbocycles. The number of hydrogen-bond donors (Lipinski definition) is 1. The lowest BCUT2D eigenvalue weighted by molar-refractivity contribution is -0.120. The second kappa shape index (κ2) is 6.99. The van der Waals surface area contributed by atoms with E-state index >= 15 is 0 Å². The summed E-state index contributed by atoms with van der Waals surface area (Å²) < 4.78 is 3.39. The molecule has 0 radical (unpaired) electrons. The van der Waals surface area contributed by atoms with Crippen molar-refractivity contribution in [1.29, 1.82) is 0 Å². The highest BCUT2D eigenvalue weighted by Crippen LogP contribution is 2.57. The summed E-state index contributed by atoms with van der Waals surface area (Å²) in [6.07, 6.45) is 2.92. The number of fused-ring (bicyclic) bond motifs is 2. The van der Waals surface area contributed by atoms with E-state index in [1.165, 1.54) is 5.56 Å². The van der Waals surface area contributed by atoms with Gasteiger partial charge < -0.3 is 9.62 Å². The van der Waals surface area contributed by atoms with E-state index in [1.54, 1.807) is 11.9 Å². The molecular formula is C20H20Cl2N2OS. The van der Waals surface area contributed by atoms with Crippen LogP contribution in [0, 0.1) is 0 Å². The van der Waals surface area contributed by atoms with E-state index in [0.29, 0.717) is 10.0 Å². The van der Waals surface area contributed by atoms with Gasteiger partial charge in [-0.2, -0.15) is 0 Å². The maximum atomic E-state index is 12.8. The van der Waals surface area contributed by atoms with Gasteiger partial charge in [0.1, 0.15) is 0 Å². The van der Waals surface area contributed by atoms with Crippen LogP contribution in [0.4, 0.5) is 11.4 Å². The van der Waals surface area contributed by atoms with E-state index < -0.39 is 0 Å². The maximum absolute atomic E-state index is 12.8. The lowest BCUT2D eigenvalue weighted by Gasteiger charge is -2.17. The fourth-order valence-electron chi connectivity index (χ4n) is 3.59. The number of nitrogens with zero attached hydrogens (tertiary/aromatic N) is 1. The maximum Gasteiger partial charge on any atom is 0.237 e. The summed E-state index contributed by atoms with van der Waals surface area (Å²) in [6, 6.07) is 12.0. The molecule has 0 aromatic heterocycles. The Balaban J connectivity index is 1.47. The second-order valence-corrected chi connectivity index (χ2v) is 8.51. The molecule has 0 saturated heterocycles. The van der Waals surface area contributed by atoms with Gasteiger partial charge in [0.15, 0.2) is 0 Å². The number of benzene rings is 2. The predicted molar refractivity (Wildman–Crippen MR) is 111 cm³/mol. The summed E-state index contributed by atoms with van der Waals surface area (Å²) in [5.74, 6) is 1.06. The minimum Gasteiger partial charge on any atom is -0.329 e. The van der Waals surface area contributed by atoms with Crippen molar-refractivity contribution in [3.63, 3.8) is 0 Å². The van der Waals surface area contributed by atoms with Crippen molar-refractivity contribution in [3.05, 3.63) is 57.6 Å². The molecule has 0 atom stereocenters. The van der Waals surface area contributed by atoms with E-state index in [9.17, 15) is 4.79 Å². The summed E-state index contributed by atoms with van der Waals surface area (Å²) in [6.45, 7) is 2.91. The highest BCUT2D eigenvalue weighted by Gasteiger charge is 2.58. The Morgan fingerprint density at radius 3 is 2.65 bits per heavy atom. The van der Waals surface area contributed by atoms with Crippen LogP contribution in [0.1, 0.15) is 37.3 Å². The van der Waals surface area contributed by atoms with E-state index in [-0.39, 0.29) is 11.3 Å². The Kier molecular flexibility index (Phi) is 4.84. The number of anilines is 2. The Morgan fingerprint density at radius 2 is 1.96 bits per heavy atom. The van der Waals surface area contributed by atoms with Crippen LogP contribution in [0.3, 0.4) is 0 Å². The van der Waals surface area contributed by atoms with Gasteiger partial charge >= 0.3 is 0 Å². The number of halogens is 2. The highest BCUT2D eigenvalue weighted by atomic mass is 35.5. The summed E-state index contributed by atoms with van der Waals surface area (Å²) in [5, 5.41) is 1.15. The molecule has 0 bridgehead atoms. The SMILES string of the molecule is CCCN1C(=O)C2(CC2)c2cc(NSCc3ccc(Cl)c(Cl)c3)ccc21. The van der Waals surface area contributed by atoms with Crippen LogP contribution < -0.4 is 9.62 Å². The minimum atomic E-state index is -0.240. The second-order valence-electron chi connectivity index (χ2n) is 6.91. The van der Waals surface area contributed by atoms with Crippen LogP contribution in [0.5, 0.6) is 0 Å². The van der Waals surface area contributed by atoms with E-state index in [2.05, 4.69) is 29.8 Å². The number of nitrogens with one attached hydrogen (secondary N) is 1. The zero-order chi connectivity index (χ0) is 18.3. The van der Waals surface area contributed by atoms with Gasteiger partial charge in [-0.05, 0) is 72.7 Å². The first-order chi connectivity index (χ1) is 12.5. The Labute approximate surface area is 168 Å². The van der Waals surface area contributed by atoms with Crippen LogP contribution in [0.15, 0.2) is 36.4 Å². The third-order valence-corrected chi connectivity index (χ3v) is 6.66. The Bertz CT molecular complexity index is 867. The molecule has 1 heterocycles. The molecule has 2 aromatic carbocycles. The van der Waals surface area contributed by atoms with Crippen LogP contribution in [0.2, 0.25) is 10.0 Å². The zero-order valence-corrected chi connectivity index (χ0v) is 16.8. The van der Waals surface area contributed by atoms with Gasteiger partial charge in [-0.25, -0.2) is 0 Å². The number of rotatable bonds is 6. The molecule has 6 heteroatoms. The Morgan fingerprint density at radius 1 is 1.15 bits per heavy atom. The molecule has 1 N–H and O–H groups in total. The molecule has 26 heavy (non-hydrogen) atoms. The molecule has 1 aliphatic heterocycles. The van der Waals surface area contributed by atoms with Crippen molar-refractivity contribution in [1.82, 2.24) is 0 Å². The van der Waals surface area contributed by atoms with E-state index in [0.717, 1.165) is 48.5 Å². The molecule has 2 aromatic rings. The van der Waals surface area contributed by atoms with Crippen molar-refractivity contribution in [2.75, 3.05) is 16.2 Å². The topological polar surface area (TPSA) is 32.3 Å². The molecule has 1 fully saturated rings. The number of carbonyl (C=O) groups excluding carboxylic acids is 1. The standard InChI is InChI=1S/C20H20Cl2N2OS/c1-2-9-24-18-6-4-14(11-15(18)20(7-8-20)19(24)25)23-26-12-13-3-5-16(21)17(22)10-13/h3-6,10-11,23H,2,7-9,12H2,1H3. The third-order valence-electron chi connectivity index (χ3n) is 5.07. The van der Waals surface area contributed by atoms with Crippen molar-refractivity contribution >= 4 is 52.4 Å². The van der Waals surface area contributed by atoms with Gasteiger partial charge in [-0.15, -0.1) is 0 Å². The van der Waals surface area contributed by atoms with Gasteiger partial charge in [-0.1, -0.05) is 36.2 Å². The van der Waals surface area contributed by atoms with Gasteiger partial charge in [0.05, 0.1) is 15.5 Å². The number of amides is 1. The van der Waals surface area contributed by atoms with Crippen LogP contribution in [-0.2, 0) is 16.0 Å². The zero-order valence-electron chi connectivity index (χ0n) is 14.5. The monoisotopic (exact) mass is 406 g/mol. The van der Waals surface area contributed by atoms with Gasteiger partial charge in [0.2, 0.25) is 5.91 Å². The van der Waals surface area contributed by atoms with Crippen molar-refractivity contribution in [2.24, 2.45) is 0 Å². The quantitative estimate of drug-likeness (QED) is 0.593. The first-order valence-corrected chi connectivity index (χ1v) is 10.6. The first-order valence-electron chi connectivity index (χ1n) is 8.83. The van der Waals surface area contributed by atoms with Crippen LogP contribution in [0.25, 0.3) is 0 Å². The molecule has 0 unspecified atom stereocenters. The molecular weight excluding hydrogens is 387 g/mol. The van der Waals surface area contributed by atoms with Crippen molar-refractivity contribution in [3.8, 4) is 0 Å². The average Bonchev–Trinajstić information content (AvgIpc) is 3.40. The van der Waals surface area contributed by atoms with Crippen LogP contribution >= 0.6 is 35.1 Å². The molecule has 1 spiro atoms. The number of hydrogen-bond acceptors (Lipinski definition) is 3. The summed E-state index contributed by atoms with van der Waals surface area (Å²) in [5.41, 5.74) is 4.19. The smallest absolute Gasteiger partial charge is 0.237 e. The van der Waals surface area contributed by atoms with Gasteiger partial charge in [-0.3, -0.25) is 4.79 Å². The summed E-state index contributed by atoms with van der Waals surface area (Å²) in [7, 11) is 0. The average molecular weight is 407 g/mol. The molecule has 1 amide bonds. The fraction of sp³-hybridized carbons (Fsp3) is 0.350. The molecule has 4 rings (SSSR count). The molecule has 136 valence electrons. The fourth-order valence-corrected chi connectivity index (χ4v) is 4.62. The minimum absolute atomic E-state index is 0.240. The number of carbonyl (C=O) groups is 1. The molecule has 2 aliphatic rings. The molecule has 1 saturated carbocycles. The first kappa shape index (κ1) is 18.0. The van der Waals surface area contributed by atoms with Gasteiger partial charge in [0, 0.05) is 23.7 Å². The molecule has 3 nitrogen and oxygen atoms in total. The summed E-state index contributed by atoms with van der Waals surface area (Å²) >= 11 is 13.6. The predicted octanol–water partition coefficient (Wildman–Crippen LogP) is 6.04. The largest absolute Gasteiger partial charge is 0.329 e.